The molecular formula is C15H12FNO4. The predicted molar refractivity (Wildman–Crippen MR) is 74.2 cm³/mol. The van der Waals surface area contributed by atoms with Crippen molar-refractivity contribution in [3.05, 3.63) is 58.9 Å². The number of carbonyl (C=O) groups is 2. The summed E-state index contributed by atoms with van der Waals surface area (Å²) in [5.74, 6) is -2.86. The molecule has 0 saturated heterocycles. The predicted octanol–water partition coefficient (Wildman–Crippen LogP) is 2.79. The van der Waals surface area contributed by atoms with Gasteiger partial charge in [-0.3, -0.25) is 4.79 Å². The molecule has 0 saturated carbocycles. The Labute approximate surface area is 119 Å². The first kappa shape index (κ1) is 14.5. The fraction of sp³-hybridized carbons (Fsp3) is 0.0667. The van der Waals surface area contributed by atoms with Crippen molar-refractivity contribution in [2.45, 2.75) is 6.92 Å². The van der Waals surface area contributed by atoms with Crippen molar-refractivity contribution in [2.24, 2.45) is 0 Å². The molecular weight excluding hydrogens is 277 g/mol. The molecule has 3 N–H and O–H groups in total. The second-order valence-electron chi connectivity index (χ2n) is 4.40. The Morgan fingerprint density at radius 2 is 1.86 bits per heavy atom. The lowest BCUT2D eigenvalue weighted by atomic mass is 10.1. The SMILES string of the molecule is Cc1c(O)cccc1C(=O)Nc1ccc(C(=O)O)c(F)c1. The highest BCUT2D eigenvalue weighted by molar-refractivity contribution is 6.05. The first-order valence-electron chi connectivity index (χ1n) is 6.03. The lowest BCUT2D eigenvalue weighted by Crippen LogP contribution is -2.14. The van der Waals surface area contributed by atoms with Crippen LogP contribution in [0.25, 0.3) is 0 Å². The topological polar surface area (TPSA) is 86.6 Å². The van der Waals surface area contributed by atoms with Gasteiger partial charge in [-0.15, -0.1) is 0 Å². The Kier molecular flexibility index (Phi) is 3.89. The minimum absolute atomic E-state index is 0.0185. The van der Waals surface area contributed by atoms with Crippen molar-refractivity contribution in [1.29, 1.82) is 0 Å². The van der Waals surface area contributed by atoms with Crippen LogP contribution in [0.3, 0.4) is 0 Å². The standard InChI is InChI=1S/C15H12FNO4/c1-8-10(3-2-4-13(8)18)14(19)17-9-5-6-11(15(20)21)12(16)7-9/h2-7,18H,1H3,(H,17,19)(H,20,21). The highest BCUT2D eigenvalue weighted by atomic mass is 19.1. The lowest BCUT2D eigenvalue weighted by Gasteiger charge is -2.09. The smallest absolute Gasteiger partial charge is 0.338 e. The number of nitrogens with one attached hydrogen (secondary N) is 1. The van der Waals surface area contributed by atoms with Gasteiger partial charge < -0.3 is 15.5 Å². The number of amides is 1. The van der Waals surface area contributed by atoms with E-state index in [-0.39, 0.29) is 17.0 Å². The molecule has 6 heteroatoms. The molecule has 0 aliphatic carbocycles. The lowest BCUT2D eigenvalue weighted by molar-refractivity contribution is 0.0692. The molecule has 0 aliphatic heterocycles. The second-order valence-corrected chi connectivity index (χ2v) is 4.40. The number of aromatic hydroxyl groups is 1. The molecule has 0 spiro atoms. The molecule has 108 valence electrons. The third-order valence-electron chi connectivity index (χ3n) is 3.01. The highest BCUT2D eigenvalue weighted by Crippen LogP contribution is 2.21. The number of halogens is 1. The van der Waals surface area contributed by atoms with Crippen molar-refractivity contribution < 1.29 is 24.2 Å². The first-order valence-corrected chi connectivity index (χ1v) is 6.03. The van der Waals surface area contributed by atoms with E-state index in [1.807, 2.05) is 0 Å². The molecule has 0 heterocycles. The van der Waals surface area contributed by atoms with Crippen LogP contribution in [0.2, 0.25) is 0 Å². The van der Waals surface area contributed by atoms with Crippen molar-refractivity contribution in [1.82, 2.24) is 0 Å². The Hall–Kier alpha value is -2.89. The van der Waals surface area contributed by atoms with E-state index in [9.17, 15) is 19.1 Å². The molecule has 0 radical (unpaired) electrons. The number of rotatable bonds is 3. The molecule has 1 amide bonds. The molecule has 0 bridgehead atoms. The third-order valence-corrected chi connectivity index (χ3v) is 3.01. The minimum Gasteiger partial charge on any atom is -0.508 e. The Morgan fingerprint density at radius 3 is 2.48 bits per heavy atom. The van der Waals surface area contributed by atoms with Gasteiger partial charge in [0.25, 0.3) is 5.91 Å². The van der Waals surface area contributed by atoms with E-state index in [4.69, 9.17) is 5.11 Å². The molecule has 2 aromatic rings. The monoisotopic (exact) mass is 289 g/mol. The van der Waals surface area contributed by atoms with Gasteiger partial charge in [0, 0.05) is 16.8 Å². The number of hydrogen-bond acceptors (Lipinski definition) is 3. The van der Waals surface area contributed by atoms with E-state index in [1.54, 1.807) is 6.92 Å². The number of carboxylic acids is 1. The summed E-state index contributed by atoms with van der Waals surface area (Å²) in [6, 6.07) is 7.79. The van der Waals surface area contributed by atoms with Crippen LogP contribution in [0.4, 0.5) is 10.1 Å². The van der Waals surface area contributed by atoms with Crippen molar-refractivity contribution in [2.75, 3.05) is 5.32 Å². The molecule has 2 rings (SSSR count). The molecule has 0 aromatic heterocycles. The average molecular weight is 289 g/mol. The van der Waals surface area contributed by atoms with Gasteiger partial charge in [0.05, 0.1) is 5.56 Å². The van der Waals surface area contributed by atoms with Gasteiger partial charge >= 0.3 is 5.97 Å². The molecule has 0 fully saturated rings. The molecule has 0 aliphatic rings. The summed E-state index contributed by atoms with van der Waals surface area (Å²) in [4.78, 5) is 22.8. The first-order chi connectivity index (χ1) is 9.90. The van der Waals surface area contributed by atoms with Gasteiger partial charge in [-0.1, -0.05) is 6.07 Å². The van der Waals surface area contributed by atoms with Crippen LogP contribution in [0, 0.1) is 12.7 Å². The van der Waals surface area contributed by atoms with Gasteiger partial charge in [-0.05, 0) is 37.3 Å². The van der Waals surface area contributed by atoms with Crippen molar-refractivity contribution in [3.63, 3.8) is 0 Å². The van der Waals surface area contributed by atoms with E-state index in [2.05, 4.69) is 5.32 Å². The number of phenols is 1. The van der Waals surface area contributed by atoms with Crippen molar-refractivity contribution >= 4 is 17.6 Å². The zero-order valence-corrected chi connectivity index (χ0v) is 11.1. The molecule has 2 aromatic carbocycles. The van der Waals surface area contributed by atoms with E-state index >= 15 is 0 Å². The fourth-order valence-electron chi connectivity index (χ4n) is 1.83. The maximum absolute atomic E-state index is 13.5. The normalized spacial score (nSPS) is 10.2. The van der Waals surface area contributed by atoms with Gasteiger partial charge in [-0.25, -0.2) is 9.18 Å². The zero-order valence-electron chi connectivity index (χ0n) is 11.1. The van der Waals surface area contributed by atoms with Crippen LogP contribution >= 0.6 is 0 Å². The molecule has 21 heavy (non-hydrogen) atoms. The Balaban J connectivity index is 2.26. The average Bonchev–Trinajstić information content (AvgIpc) is 2.41. The summed E-state index contributed by atoms with van der Waals surface area (Å²) < 4.78 is 13.5. The number of hydrogen-bond donors (Lipinski definition) is 3. The van der Waals surface area contributed by atoms with Gasteiger partial charge in [0.2, 0.25) is 0 Å². The van der Waals surface area contributed by atoms with Crippen molar-refractivity contribution in [3.8, 4) is 5.75 Å². The number of carbonyl (C=O) groups excluding carboxylic acids is 1. The number of phenolic OH excluding ortho intramolecular Hbond substituents is 1. The van der Waals surface area contributed by atoms with Crippen LogP contribution in [0.15, 0.2) is 36.4 Å². The van der Waals surface area contributed by atoms with Gasteiger partial charge in [0.15, 0.2) is 0 Å². The second kappa shape index (κ2) is 5.62. The third kappa shape index (κ3) is 3.00. The molecule has 0 atom stereocenters. The molecule has 5 nitrogen and oxygen atoms in total. The summed E-state index contributed by atoms with van der Waals surface area (Å²) in [6.07, 6.45) is 0. The number of aromatic carboxylic acids is 1. The van der Waals surface area contributed by atoms with Crippen LogP contribution in [-0.2, 0) is 0 Å². The highest BCUT2D eigenvalue weighted by Gasteiger charge is 2.14. The van der Waals surface area contributed by atoms with E-state index in [1.165, 1.54) is 24.3 Å². The van der Waals surface area contributed by atoms with E-state index in [0.29, 0.717) is 5.56 Å². The Bertz CT molecular complexity index is 728. The minimum atomic E-state index is -1.38. The maximum atomic E-state index is 13.5. The van der Waals surface area contributed by atoms with E-state index < -0.39 is 23.3 Å². The fourth-order valence-corrected chi connectivity index (χ4v) is 1.83. The number of carboxylic acid groups (broad SMARTS) is 1. The summed E-state index contributed by atoms with van der Waals surface area (Å²) in [6.45, 7) is 1.58. The van der Waals surface area contributed by atoms with Crippen LogP contribution in [0.5, 0.6) is 5.75 Å². The van der Waals surface area contributed by atoms with Crippen LogP contribution < -0.4 is 5.32 Å². The van der Waals surface area contributed by atoms with Gasteiger partial charge in [0.1, 0.15) is 11.6 Å². The van der Waals surface area contributed by atoms with Crippen LogP contribution in [-0.4, -0.2) is 22.1 Å². The summed E-state index contributed by atoms with van der Waals surface area (Å²) >= 11 is 0. The zero-order chi connectivity index (χ0) is 15.6. The van der Waals surface area contributed by atoms with Gasteiger partial charge in [-0.2, -0.15) is 0 Å². The summed E-state index contributed by atoms with van der Waals surface area (Å²) in [5.41, 5.74) is 0.308. The Morgan fingerprint density at radius 1 is 1.14 bits per heavy atom. The summed E-state index contributed by atoms with van der Waals surface area (Å²) in [5, 5.41) is 20.7. The summed E-state index contributed by atoms with van der Waals surface area (Å²) in [7, 11) is 0. The largest absolute Gasteiger partial charge is 0.508 e. The maximum Gasteiger partial charge on any atom is 0.338 e. The van der Waals surface area contributed by atoms with Crippen LogP contribution in [0.1, 0.15) is 26.3 Å². The molecule has 0 unspecified atom stereocenters. The number of anilines is 1. The van der Waals surface area contributed by atoms with E-state index in [0.717, 1.165) is 12.1 Å². The number of benzene rings is 2. The quantitative estimate of drug-likeness (QED) is 0.811.